The molecule has 8 atom stereocenters. The maximum Gasteiger partial charge on any atom is 0.344 e. The number of unbranched alkanes of at least 4 members (excludes halogenated alkanes) is 3. The van der Waals surface area contributed by atoms with Gasteiger partial charge in [0, 0.05) is 25.7 Å². The first-order valence-corrected chi connectivity index (χ1v) is 15.1. The number of aliphatic carboxylic acids is 2. The molecule has 2 bridgehead atoms. The first-order chi connectivity index (χ1) is 21.2. The van der Waals surface area contributed by atoms with Gasteiger partial charge >= 0.3 is 23.9 Å². The van der Waals surface area contributed by atoms with E-state index >= 15 is 0 Å². The standard InChI is InChI=1S/C32H44O13/c1-5-6-7-11-14-24(35)43-27-26(36)30(44-23(18-33)31(41,28(37)38)32(27,45-30)29(39)40)16-15-19(2)25(42-21(4)34)20(3)17-22-12-9-8-10-13-22/h8-10,12-13,20,23,25-27,33,36,41H,2,5-7,11,14-18H2,1,3-4H3,(H,37,38)(H,39,40)/t20-,23-,25-,26-,27-,30+,31-,32+/m1/s1. The van der Waals surface area contributed by atoms with Crippen molar-refractivity contribution in [2.24, 2.45) is 5.92 Å². The van der Waals surface area contributed by atoms with Gasteiger partial charge in [-0.15, -0.1) is 0 Å². The van der Waals surface area contributed by atoms with Crippen molar-refractivity contribution in [2.45, 2.75) is 114 Å². The quantitative estimate of drug-likeness (QED) is 0.0945. The summed E-state index contributed by atoms with van der Waals surface area (Å²) in [7, 11) is 0. The number of benzene rings is 1. The highest BCUT2D eigenvalue weighted by Gasteiger charge is 2.84. The van der Waals surface area contributed by atoms with E-state index in [2.05, 4.69) is 6.58 Å². The van der Waals surface area contributed by atoms with Crippen LogP contribution in [0.2, 0.25) is 0 Å². The molecule has 0 radical (unpaired) electrons. The van der Waals surface area contributed by atoms with Crippen LogP contribution in [0.5, 0.6) is 0 Å². The molecule has 1 aromatic rings. The number of rotatable bonds is 17. The Balaban J connectivity index is 1.95. The Kier molecular flexibility index (Phi) is 11.9. The smallest absolute Gasteiger partial charge is 0.344 e. The predicted molar refractivity (Wildman–Crippen MR) is 157 cm³/mol. The number of aliphatic hydroxyl groups excluding tert-OH is 2. The van der Waals surface area contributed by atoms with E-state index in [4.69, 9.17) is 18.9 Å². The molecule has 2 fully saturated rings. The maximum absolute atomic E-state index is 12.9. The van der Waals surface area contributed by atoms with E-state index in [-0.39, 0.29) is 18.8 Å². The van der Waals surface area contributed by atoms with Gasteiger partial charge in [0.25, 0.3) is 0 Å². The third kappa shape index (κ3) is 7.07. The molecule has 3 rings (SSSR count). The Morgan fingerprint density at radius 3 is 2.27 bits per heavy atom. The molecule has 2 saturated heterocycles. The van der Waals surface area contributed by atoms with Gasteiger partial charge in [0.1, 0.15) is 18.3 Å². The van der Waals surface area contributed by atoms with Crippen LogP contribution in [0.3, 0.4) is 0 Å². The average Bonchev–Trinajstić information content (AvgIpc) is 3.21. The summed E-state index contributed by atoms with van der Waals surface area (Å²) in [6.45, 7) is 7.94. The van der Waals surface area contributed by atoms with Crippen molar-refractivity contribution in [3.8, 4) is 0 Å². The molecule has 0 aliphatic carbocycles. The van der Waals surface area contributed by atoms with E-state index in [1.807, 2.05) is 44.2 Å². The number of carbonyl (C=O) groups is 4. The van der Waals surface area contributed by atoms with E-state index in [0.29, 0.717) is 24.8 Å². The predicted octanol–water partition coefficient (Wildman–Crippen LogP) is 2.13. The fourth-order valence-corrected chi connectivity index (χ4v) is 6.24. The molecule has 5 N–H and O–H groups in total. The van der Waals surface area contributed by atoms with Crippen LogP contribution < -0.4 is 0 Å². The number of aliphatic hydroxyl groups is 3. The summed E-state index contributed by atoms with van der Waals surface area (Å²) in [6.07, 6.45) is -4.67. The number of hydrogen-bond acceptors (Lipinski definition) is 11. The Morgan fingerprint density at radius 2 is 1.71 bits per heavy atom. The van der Waals surface area contributed by atoms with Crippen molar-refractivity contribution in [2.75, 3.05) is 6.61 Å². The van der Waals surface area contributed by atoms with Crippen LogP contribution in [-0.4, -0.2) is 97.4 Å². The molecule has 0 aromatic heterocycles. The molecule has 0 spiro atoms. The lowest BCUT2D eigenvalue weighted by Crippen LogP contribution is -2.77. The maximum atomic E-state index is 12.9. The second kappa shape index (κ2) is 14.8. The number of carbonyl (C=O) groups excluding carboxylic acids is 2. The fraction of sp³-hybridized carbons (Fsp3) is 0.625. The average molecular weight is 637 g/mol. The lowest BCUT2D eigenvalue weighted by atomic mass is 9.74. The Hall–Kier alpha value is -3.36. The molecule has 13 nitrogen and oxygen atoms in total. The molecular formula is C32H44O13. The third-order valence-electron chi connectivity index (χ3n) is 8.56. The van der Waals surface area contributed by atoms with Gasteiger partial charge in [-0.1, -0.05) is 70.0 Å². The van der Waals surface area contributed by atoms with Gasteiger partial charge in [0.05, 0.1) is 6.61 Å². The molecule has 0 unspecified atom stereocenters. The second-order valence-electron chi connectivity index (χ2n) is 11.8. The minimum absolute atomic E-state index is 0.106. The zero-order chi connectivity index (χ0) is 33.6. The first kappa shape index (κ1) is 36.1. The highest BCUT2D eigenvalue weighted by atomic mass is 16.8. The number of ether oxygens (including phenoxy) is 4. The van der Waals surface area contributed by atoms with Crippen molar-refractivity contribution in [1.82, 2.24) is 0 Å². The highest BCUT2D eigenvalue weighted by Crippen LogP contribution is 2.55. The number of hydrogen-bond donors (Lipinski definition) is 5. The largest absolute Gasteiger partial charge is 0.479 e. The lowest BCUT2D eigenvalue weighted by molar-refractivity contribution is -0.382. The van der Waals surface area contributed by atoms with Crippen LogP contribution in [0, 0.1) is 5.92 Å². The topological polar surface area (TPSA) is 206 Å². The van der Waals surface area contributed by atoms with Crippen LogP contribution in [0.1, 0.15) is 71.3 Å². The Bertz CT molecular complexity index is 1230. The molecular weight excluding hydrogens is 592 g/mol. The molecule has 250 valence electrons. The molecule has 13 heteroatoms. The molecule has 45 heavy (non-hydrogen) atoms. The molecule has 1 aromatic carbocycles. The molecule has 2 heterocycles. The van der Waals surface area contributed by atoms with E-state index in [1.165, 1.54) is 6.92 Å². The fourth-order valence-electron chi connectivity index (χ4n) is 6.24. The van der Waals surface area contributed by atoms with Crippen LogP contribution in [-0.2, 0) is 44.5 Å². The van der Waals surface area contributed by atoms with Gasteiger partial charge < -0.3 is 44.5 Å². The molecule has 0 saturated carbocycles. The number of carboxylic acids is 2. The lowest BCUT2D eigenvalue weighted by Gasteiger charge is -2.49. The number of carboxylic acid groups (broad SMARTS) is 2. The zero-order valence-corrected chi connectivity index (χ0v) is 25.8. The van der Waals surface area contributed by atoms with E-state index in [9.17, 15) is 44.7 Å². The summed E-state index contributed by atoms with van der Waals surface area (Å²) >= 11 is 0. The summed E-state index contributed by atoms with van der Waals surface area (Å²) in [5, 5.41) is 53.4. The summed E-state index contributed by atoms with van der Waals surface area (Å²) < 4.78 is 22.4. The van der Waals surface area contributed by atoms with Crippen molar-refractivity contribution in [1.29, 1.82) is 0 Å². The van der Waals surface area contributed by atoms with Gasteiger partial charge in [0.2, 0.25) is 17.0 Å². The molecule has 2 aliphatic heterocycles. The van der Waals surface area contributed by atoms with Crippen LogP contribution in [0.15, 0.2) is 42.5 Å². The number of esters is 2. The minimum atomic E-state index is -3.48. The third-order valence-corrected chi connectivity index (χ3v) is 8.56. The summed E-state index contributed by atoms with van der Waals surface area (Å²) in [4.78, 5) is 50.1. The van der Waals surface area contributed by atoms with Crippen LogP contribution in [0.4, 0.5) is 0 Å². The normalized spacial score (nSPS) is 30.2. The van der Waals surface area contributed by atoms with Crippen LogP contribution in [0.25, 0.3) is 0 Å². The van der Waals surface area contributed by atoms with Crippen LogP contribution >= 0.6 is 0 Å². The monoisotopic (exact) mass is 636 g/mol. The van der Waals surface area contributed by atoms with Gasteiger partial charge in [0.15, 0.2) is 6.10 Å². The number of fused-ring (bicyclic) bond motifs is 2. The molecule has 2 aliphatic rings. The van der Waals surface area contributed by atoms with Crippen molar-refractivity contribution >= 4 is 23.9 Å². The minimum Gasteiger partial charge on any atom is -0.479 e. The zero-order valence-electron chi connectivity index (χ0n) is 25.8. The molecule has 0 amide bonds. The van der Waals surface area contributed by atoms with Gasteiger partial charge in [-0.25, -0.2) is 9.59 Å². The second-order valence-corrected chi connectivity index (χ2v) is 11.8. The summed E-state index contributed by atoms with van der Waals surface area (Å²) in [5.74, 6) is -8.34. The first-order valence-electron chi connectivity index (χ1n) is 15.1. The summed E-state index contributed by atoms with van der Waals surface area (Å²) in [5.41, 5.74) is -5.42. The van der Waals surface area contributed by atoms with E-state index in [1.54, 1.807) is 0 Å². The highest BCUT2D eigenvalue weighted by molar-refractivity contribution is 5.93. The van der Waals surface area contributed by atoms with Gasteiger partial charge in [-0.2, -0.15) is 0 Å². The Morgan fingerprint density at radius 1 is 1.04 bits per heavy atom. The van der Waals surface area contributed by atoms with Crippen molar-refractivity contribution in [3.63, 3.8) is 0 Å². The van der Waals surface area contributed by atoms with Crippen molar-refractivity contribution < 1.29 is 63.7 Å². The van der Waals surface area contributed by atoms with E-state index < -0.39 is 78.3 Å². The van der Waals surface area contributed by atoms with Gasteiger partial charge in [-0.3, -0.25) is 9.59 Å². The summed E-state index contributed by atoms with van der Waals surface area (Å²) in [6, 6.07) is 9.44. The van der Waals surface area contributed by atoms with Gasteiger partial charge in [-0.05, 0) is 30.4 Å². The van der Waals surface area contributed by atoms with E-state index in [0.717, 1.165) is 18.4 Å². The Labute approximate surface area is 261 Å². The SMILES string of the molecule is C=C(CC[C@]12O[C@H](CO)[C@@](O)(C(=O)O)[C@](C(=O)O)(O1)[C@H](OC(=O)CCCCCC)[C@H]2O)[C@@H](OC(C)=O)[C@H](C)Cc1ccccc1. The van der Waals surface area contributed by atoms with Crippen molar-refractivity contribution in [3.05, 3.63) is 48.0 Å².